The highest BCUT2D eigenvalue weighted by Gasteiger charge is 2.33. The summed E-state index contributed by atoms with van der Waals surface area (Å²) in [5.74, 6) is -0.957. The Labute approximate surface area is 169 Å². The Bertz CT molecular complexity index is 965. The van der Waals surface area contributed by atoms with Gasteiger partial charge in [0.2, 0.25) is 11.8 Å². The lowest BCUT2D eigenvalue weighted by molar-refractivity contribution is -0.141. The molecule has 0 spiro atoms. The van der Waals surface area contributed by atoms with Gasteiger partial charge in [0.25, 0.3) is 0 Å². The largest absolute Gasteiger partial charge is 0.448 e. The van der Waals surface area contributed by atoms with E-state index in [1.807, 2.05) is 0 Å². The zero-order valence-corrected chi connectivity index (χ0v) is 15.7. The first kappa shape index (κ1) is 21.4. The number of carbonyl (C=O) groups is 2. The predicted octanol–water partition coefficient (Wildman–Crippen LogP) is 2.45. The maximum atomic E-state index is 13.1. The van der Waals surface area contributed by atoms with Gasteiger partial charge < -0.3 is 25.8 Å². The van der Waals surface area contributed by atoms with Crippen molar-refractivity contribution in [3.63, 3.8) is 0 Å². The third-order valence-electron chi connectivity index (χ3n) is 4.48. The number of amides is 2. The van der Waals surface area contributed by atoms with Gasteiger partial charge in [-0.2, -0.15) is 13.2 Å². The summed E-state index contributed by atoms with van der Waals surface area (Å²) in [6.07, 6.45) is -5.00. The van der Waals surface area contributed by atoms with Crippen LogP contribution in [0, 0.1) is 0 Å². The molecule has 1 aromatic carbocycles. The van der Waals surface area contributed by atoms with Crippen molar-refractivity contribution >= 4 is 12.0 Å². The molecule has 160 valence electrons. The van der Waals surface area contributed by atoms with Crippen LogP contribution in [0.2, 0.25) is 0 Å². The van der Waals surface area contributed by atoms with E-state index in [-0.39, 0.29) is 48.9 Å². The minimum absolute atomic E-state index is 0.105. The van der Waals surface area contributed by atoms with Crippen molar-refractivity contribution < 1.29 is 32.2 Å². The molecule has 2 aromatic rings. The lowest BCUT2D eigenvalue weighted by Gasteiger charge is -2.17. The second-order valence-corrected chi connectivity index (χ2v) is 6.50. The number of nitrogens with two attached hydrogens (primary N) is 2. The Morgan fingerprint density at radius 2 is 2.07 bits per heavy atom. The van der Waals surface area contributed by atoms with Crippen molar-refractivity contribution in [2.45, 2.75) is 19.1 Å². The number of pyridine rings is 1. The zero-order chi connectivity index (χ0) is 21.9. The predicted molar refractivity (Wildman–Crippen MR) is 98.8 cm³/mol. The lowest BCUT2D eigenvalue weighted by atomic mass is 10.0. The molecule has 8 nitrogen and oxygen atoms in total. The van der Waals surface area contributed by atoms with Gasteiger partial charge >= 0.3 is 12.3 Å². The van der Waals surface area contributed by atoms with Crippen molar-refractivity contribution in [2.75, 3.05) is 19.7 Å². The minimum atomic E-state index is -4.68. The molecule has 0 atom stereocenters. The van der Waals surface area contributed by atoms with Crippen LogP contribution in [0.25, 0.3) is 0 Å². The molecular formula is C19H19F3N4O4. The van der Waals surface area contributed by atoms with Gasteiger partial charge in [-0.3, -0.25) is 4.79 Å². The number of hydrogen-bond donors (Lipinski definition) is 2. The van der Waals surface area contributed by atoms with Crippen molar-refractivity contribution in [1.82, 2.24) is 9.88 Å². The monoisotopic (exact) mass is 424 g/mol. The third-order valence-corrected chi connectivity index (χ3v) is 4.48. The third kappa shape index (κ3) is 4.79. The molecule has 1 saturated heterocycles. The summed E-state index contributed by atoms with van der Waals surface area (Å²) in [5.41, 5.74) is 10.4. The molecule has 11 heteroatoms. The van der Waals surface area contributed by atoms with Gasteiger partial charge in [0, 0.05) is 30.3 Å². The molecule has 30 heavy (non-hydrogen) atoms. The van der Waals surface area contributed by atoms with Gasteiger partial charge in [-0.25, -0.2) is 9.78 Å². The normalized spacial score (nSPS) is 14.0. The van der Waals surface area contributed by atoms with E-state index in [2.05, 4.69) is 4.98 Å². The molecule has 2 amide bonds. The number of primary amides is 1. The summed E-state index contributed by atoms with van der Waals surface area (Å²) in [7, 11) is 0. The summed E-state index contributed by atoms with van der Waals surface area (Å²) < 4.78 is 49.9. The number of ether oxygens (including phenoxy) is 2. The SMILES string of the molecule is NCc1cc(Oc2cccc(C(N)=O)c2CCN2CCOC2=O)nc(C(F)(F)F)c1. The van der Waals surface area contributed by atoms with Crippen LogP contribution in [-0.4, -0.2) is 41.6 Å². The van der Waals surface area contributed by atoms with Crippen LogP contribution in [0.1, 0.15) is 27.2 Å². The molecule has 2 heterocycles. The fourth-order valence-corrected chi connectivity index (χ4v) is 3.01. The van der Waals surface area contributed by atoms with E-state index in [4.69, 9.17) is 20.9 Å². The van der Waals surface area contributed by atoms with Crippen LogP contribution in [-0.2, 0) is 23.9 Å². The minimum Gasteiger partial charge on any atom is -0.448 e. The number of halogens is 3. The molecule has 1 aromatic heterocycles. The number of benzene rings is 1. The van der Waals surface area contributed by atoms with E-state index in [0.29, 0.717) is 12.1 Å². The summed E-state index contributed by atoms with van der Waals surface area (Å²) in [5, 5.41) is 0. The quantitative estimate of drug-likeness (QED) is 0.704. The summed E-state index contributed by atoms with van der Waals surface area (Å²) in [6, 6.07) is 6.56. The van der Waals surface area contributed by atoms with Crippen molar-refractivity contribution in [3.8, 4) is 11.6 Å². The number of cyclic esters (lactones) is 1. The van der Waals surface area contributed by atoms with E-state index < -0.39 is 23.9 Å². The Balaban J connectivity index is 1.94. The molecule has 4 N–H and O–H groups in total. The van der Waals surface area contributed by atoms with E-state index in [9.17, 15) is 22.8 Å². The standard InChI is InChI=1S/C19H19F3N4O4/c20-19(21,22)15-8-11(10-23)9-16(25-15)30-14-3-1-2-13(17(24)27)12(14)4-5-26-6-7-29-18(26)28/h1-3,8-9H,4-7,10,23H2,(H2,24,27). The van der Waals surface area contributed by atoms with Crippen molar-refractivity contribution in [2.24, 2.45) is 11.5 Å². The Morgan fingerprint density at radius 3 is 2.67 bits per heavy atom. The molecule has 1 aliphatic rings. The van der Waals surface area contributed by atoms with E-state index in [1.165, 1.54) is 29.2 Å². The molecule has 1 fully saturated rings. The number of hydrogen-bond acceptors (Lipinski definition) is 6. The van der Waals surface area contributed by atoms with Gasteiger partial charge in [0.05, 0.1) is 6.54 Å². The maximum absolute atomic E-state index is 13.1. The highest BCUT2D eigenvalue weighted by molar-refractivity contribution is 5.95. The Morgan fingerprint density at radius 1 is 1.30 bits per heavy atom. The Kier molecular flexibility index (Phi) is 6.11. The van der Waals surface area contributed by atoms with Gasteiger partial charge in [0.1, 0.15) is 18.1 Å². The zero-order valence-electron chi connectivity index (χ0n) is 15.7. The molecule has 1 aliphatic heterocycles. The van der Waals surface area contributed by atoms with E-state index in [1.54, 1.807) is 0 Å². The summed E-state index contributed by atoms with van der Waals surface area (Å²) in [6.45, 7) is 0.718. The van der Waals surface area contributed by atoms with Gasteiger partial charge in [-0.05, 0) is 30.2 Å². The highest BCUT2D eigenvalue weighted by atomic mass is 19.4. The number of alkyl halides is 3. The van der Waals surface area contributed by atoms with E-state index in [0.717, 1.165) is 6.07 Å². The second-order valence-electron chi connectivity index (χ2n) is 6.50. The fraction of sp³-hybridized carbons (Fsp3) is 0.316. The molecule has 0 unspecified atom stereocenters. The first-order valence-electron chi connectivity index (χ1n) is 8.98. The molecule has 0 bridgehead atoms. The average molecular weight is 424 g/mol. The van der Waals surface area contributed by atoms with Crippen LogP contribution in [0.4, 0.5) is 18.0 Å². The smallest absolute Gasteiger partial charge is 0.433 e. The van der Waals surface area contributed by atoms with Crippen LogP contribution in [0.15, 0.2) is 30.3 Å². The van der Waals surface area contributed by atoms with Gasteiger partial charge in [-0.15, -0.1) is 0 Å². The van der Waals surface area contributed by atoms with Gasteiger partial charge in [0.15, 0.2) is 0 Å². The number of nitrogens with zero attached hydrogens (tertiary/aromatic N) is 2. The molecule has 3 rings (SSSR count). The first-order valence-corrected chi connectivity index (χ1v) is 8.98. The van der Waals surface area contributed by atoms with Crippen molar-refractivity contribution in [1.29, 1.82) is 0 Å². The second kappa shape index (κ2) is 8.57. The highest BCUT2D eigenvalue weighted by Crippen LogP contribution is 2.33. The molecule has 0 saturated carbocycles. The number of rotatable bonds is 7. The van der Waals surface area contributed by atoms with Crippen LogP contribution in [0.5, 0.6) is 11.6 Å². The average Bonchev–Trinajstić information content (AvgIpc) is 3.10. The summed E-state index contributed by atoms with van der Waals surface area (Å²) >= 11 is 0. The molecule has 0 aliphatic carbocycles. The topological polar surface area (TPSA) is 121 Å². The number of aromatic nitrogens is 1. The Hall–Kier alpha value is -3.34. The van der Waals surface area contributed by atoms with Crippen LogP contribution in [0.3, 0.4) is 0 Å². The van der Waals surface area contributed by atoms with Crippen LogP contribution >= 0.6 is 0 Å². The molecule has 0 radical (unpaired) electrons. The molecular weight excluding hydrogens is 405 g/mol. The van der Waals surface area contributed by atoms with Crippen molar-refractivity contribution in [3.05, 3.63) is 52.7 Å². The fourth-order valence-electron chi connectivity index (χ4n) is 3.01. The van der Waals surface area contributed by atoms with Gasteiger partial charge in [-0.1, -0.05) is 6.07 Å². The van der Waals surface area contributed by atoms with E-state index >= 15 is 0 Å². The first-order chi connectivity index (χ1) is 14.2. The lowest BCUT2D eigenvalue weighted by Crippen LogP contribution is -2.27. The van der Waals surface area contributed by atoms with Crippen LogP contribution < -0.4 is 16.2 Å². The maximum Gasteiger partial charge on any atom is 0.433 e. The number of carbonyl (C=O) groups excluding carboxylic acids is 2. The summed E-state index contributed by atoms with van der Waals surface area (Å²) in [4.78, 5) is 28.4.